The van der Waals surface area contributed by atoms with Crippen molar-refractivity contribution in [1.82, 2.24) is 10.2 Å². The zero-order valence-corrected chi connectivity index (χ0v) is 28.1. The Labute approximate surface area is 277 Å². The molecule has 0 aliphatic heterocycles. The maximum atomic E-state index is 14.6. The largest absolute Gasteiger partial charge is 0.497 e. The molecule has 10 heteroatoms. The Kier molecular flexibility index (Phi) is 11.8. The van der Waals surface area contributed by atoms with Crippen molar-refractivity contribution >= 4 is 39.1 Å². The van der Waals surface area contributed by atoms with Gasteiger partial charge < -0.3 is 15.0 Å². The summed E-state index contributed by atoms with van der Waals surface area (Å²) in [5.41, 5.74) is 2.92. The Balaban J connectivity index is 1.81. The van der Waals surface area contributed by atoms with Gasteiger partial charge in [-0.05, 0) is 85.5 Å². The van der Waals surface area contributed by atoms with Crippen molar-refractivity contribution in [2.24, 2.45) is 0 Å². The van der Waals surface area contributed by atoms with E-state index in [1.54, 1.807) is 36.4 Å². The SMILES string of the molecule is CC[C@@H](C)NC(=O)[C@@H](Cc1ccccc1)N(Cc1ccccc1C)C(=O)CN(c1ccc(Cl)cc1)S(=O)(=O)c1ccc(OC)cc1. The summed E-state index contributed by atoms with van der Waals surface area (Å²) >= 11 is 6.15. The molecule has 2 atom stereocenters. The summed E-state index contributed by atoms with van der Waals surface area (Å²) in [5, 5.41) is 3.47. The van der Waals surface area contributed by atoms with Crippen LogP contribution < -0.4 is 14.4 Å². The number of anilines is 1. The third kappa shape index (κ3) is 8.68. The molecule has 0 unspecified atom stereocenters. The Bertz CT molecular complexity index is 1720. The van der Waals surface area contributed by atoms with Gasteiger partial charge in [-0.1, -0.05) is 73.1 Å². The van der Waals surface area contributed by atoms with Gasteiger partial charge in [-0.15, -0.1) is 0 Å². The standard InChI is InChI=1S/C36H40ClN3O5S/c1-5-27(3)38-36(42)34(23-28-12-7-6-8-13-28)39(24-29-14-10-9-11-26(29)2)35(41)25-40(31-17-15-30(37)16-18-31)46(43,44)33-21-19-32(45-4)20-22-33/h6-22,27,34H,5,23-25H2,1-4H3,(H,38,42)/t27-,34-/m1/s1. The first-order valence-electron chi connectivity index (χ1n) is 15.1. The van der Waals surface area contributed by atoms with Gasteiger partial charge in [0, 0.05) is 24.0 Å². The lowest BCUT2D eigenvalue weighted by Gasteiger charge is -2.34. The number of amides is 2. The summed E-state index contributed by atoms with van der Waals surface area (Å²) in [6.45, 7) is 5.38. The molecule has 0 aliphatic rings. The molecule has 4 aromatic carbocycles. The minimum Gasteiger partial charge on any atom is -0.497 e. The number of halogens is 1. The summed E-state index contributed by atoms with van der Waals surface area (Å²) in [6.07, 6.45) is 0.951. The molecular formula is C36H40ClN3O5S. The van der Waals surface area contributed by atoms with Crippen LogP contribution in [-0.2, 0) is 32.6 Å². The van der Waals surface area contributed by atoms with E-state index in [4.69, 9.17) is 16.3 Å². The number of ether oxygens (including phenoxy) is 1. The van der Waals surface area contributed by atoms with Crippen LogP contribution in [0.25, 0.3) is 0 Å². The lowest BCUT2D eigenvalue weighted by atomic mass is 10.0. The first-order chi connectivity index (χ1) is 22.0. The Morgan fingerprint density at radius 1 is 0.891 bits per heavy atom. The van der Waals surface area contributed by atoms with Crippen LogP contribution >= 0.6 is 11.6 Å². The molecule has 1 N–H and O–H groups in total. The second kappa shape index (κ2) is 15.8. The second-order valence-corrected chi connectivity index (χ2v) is 13.4. The fourth-order valence-electron chi connectivity index (χ4n) is 4.98. The zero-order chi connectivity index (χ0) is 33.3. The smallest absolute Gasteiger partial charge is 0.264 e. The highest BCUT2D eigenvalue weighted by molar-refractivity contribution is 7.92. The fourth-order valence-corrected chi connectivity index (χ4v) is 6.52. The van der Waals surface area contributed by atoms with Crippen LogP contribution in [0.3, 0.4) is 0 Å². The van der Waals surface area contributed by atoms with E-state index in [-0.39, 0.29) is 35.5 Å². The predicted molar refractivity (Wildman–Crippen MR) is 183 cm³/mol. The first kappa shape index (κ1) is 34.5. The van der Waals surface area contributed by atoms with E-state index in [1.165, 1.54) is 24.1 Å². The summed E-state index contributed by atoms with van der Waals surface area (Å²) in [7, 11) is -2.75. The highest BCUT2D eigenvalue weighted by atomic mass is 35.5. The van der Waals surface area contributed by atoms with Gasteiger partial charge in [0.05, 0.1) is 17.7 Å². The van der Waals surface area contributed by atoms with E-state index < -0.39 is 28.5 Å². The van der Waals surface area contributed by atoms with Gasteiger partial charge in [0.1, 0.15) is 18.3 Å². The van der Waals surface area contributed by atoms with Crippen LogP contribution in [0.2, 0.25) is 5.02 Å². The molecule has 0 aromatic heterocycles. The van der Waals surface area contributed by atoms with Crippen LogP contribution in [0.4, 0.5) is 5.69 Å². The molecule has 0 saturated carbocycles. The molecule has 4 rings (SSSR count). The molecule has 0 fully saturated rings. The Morgan fingerprint density at radius 2 is 1.52 bits per heavy atom. The predicted octanol–water partition coefficient (Wildman–Crippen LogP) is 6.41. The molecule has 0 aliphatic carbocycles. The number of nitrogens with zero attached hydrogens (tertiary/aromatic N) is 2. The van der Waals surface area contributed by atoms with Crippen LogP contribution in [0.15, 0.2) is 108 Å². The van der Waals surface area contributed by atoms with Crippen molar-refractivity contribution in [2.75, 3.05) is 18.0 Å². The fraction of sp³-hybridized carbons (Fsp3) is 0.278. The lowest BCUT2D eigenvalue weighted by Crippen LogP contribution is -2.54. The Hall–Kier alpha value is -4.34. The summed E-state index contributed by atoms with van der Waals surface area (Å²) < 4.78 is 34.6. The van der Waals surface area contributed by atoms with E-state index in [0.29, 0.717) is 17.2 Å². The summed E-state index contributed by atoms with van der Waals surface area (Å²) in [4.78, 5) is 30.0. The molecular weight excluding hydrogens is 622 g/mol. The number of nitrogens with one attached hydrogen (secondary N) is 1. The van der Waals surface area contributed by atoms with E-state index in [0.717, 1.165) is 21.0 Å². The molecule has 242 valence electrons. The van der Waals surface area contributed by atoms with Crippen molar-refractivity contribution in [3.05, 3.63) is 125 Å². The number of carbonyl (C=O) groups is 2. The van der Waals surface area contributed by atoms with Gasteiger partial charge in [-0.2, -0.15) is 0 Å². The molecule has 0 saturated heterocycles. The molecule has 8 nitrogen and oxygen atoms in total. The topological polar surface area (TPSA) is 96.0 Å². The van der Waals surface area contributed by atoms with Crippen LogP contribution in [0, 0.1) is 6.92 Å². The van der Waals surface area contributed by atoms with E-state index in [1.807, 2.05) is 75.4 Å². The third-order valence-electron chi connectivity index (χ3n) is 7.91. The van der Waals surface area contributed by atoms with Crippen LogP contribution in [0.1, 0.15) is 37.0 Å². The normalized spacial score (nSPS) is 12.5. The van der Waals surface area contributed by atoms with Crippen molar-refractivity contribution in [3.63, 3.8) is 0 Å². The number of sulfonamides is 1. The average Bonchev–Trinajstić information content (AvgIpc) is 3.06. The third-order valence-corrected chi connectivity index (χ3v) is 9.96. The minimum absolute atomic E-state index is 0.0168. The molecule has 4 aromatic rings. The lowest BCUT2D eigenvalue weighted by molar-refractivity contribution is -0.140. The zero-order valence-electron chi connectivity index (χ0n) is 26.5. The highest BCUT2D eigenvalue weighted by Crippen LogP contribution is 2.27. The van der Waals surface area contributed by atoms with Gasteiger partial charge in [-0.3, -0.25) is 13.9 Å². The molecule has 0 spiro atoms. The van der Waals surface area contributed by atoms with E-state index in [9.17, 15) is 18.0 Å². The van der Waals surface area contributed by atoms with Gasteiger partial charge in [0.25, 0.3) is 10.0 Å². The van der Waals surface area contributed by atoms with Gasteiger partial charge >= 0.3 is 0 Å². The molecule has 0 heterocycles. The number of methoxy groups -OCH3 is 1. The molecule has 0 radical (unpaired) electrons. The summed E-state index contributed by atoms with van der Waals surface area (Å²) in [6, 6.07) is 28.3. The first-order valence-corrected chi connectivity index (χ1v) is 17.0. The molecule has 0 bridgehead atoms. The quantitative estimate of drug-likeness (QED) is 0.169. The number of benzene rings is 4. The van der Waals surface area contributed by atoms with Crippen LogP contribution in [-0.4, -0.2) is 50.9 Å². The minimum atomic E-state index is -4.24. The van der Waals surface area contributed by atoms with Gasteiger partial charge in [0.15, 0.2) is 0 Å². The number of hydrogen-bond donors (Lipinski definition) is 1. The number of hydrogen-bond acceptors (Lipinski definition) is 5. The number of rotatable bonds is 14. The van der Waals surface area contributed by atoms with Crippen molar-refractivity contribution in [3.8, 4) is 5.75 Å². The molecule has 46 heavy (non-hydrogen) atoms. The van der Waals surface area contributed by atoms with Crippen LogP contribution in [0.5, 0.6) is 5.75 Å². The summed E-state index contributed by atoms with van der Waals surface area (Å²) in [5.74, 6) is -0.347. The average molecular weight is 662 g/mol. The van der Waals surface area contributed by atoms with E-state index in [2.05, 4.69) is 5.32 Å². The van der Waals surface area contributed by atoms with Crippen molar-refractivity contribution < 1.29 is 22.7 Å². The van der Waals surface area contributed by atoms with E-state index >= 15 is 0 Å². The highest BCUT2D eigenvalue weighted by Gasteiger charge is 2.35. The molecule has 2 amide bonds. The monoisotopic (exact) mass is 661 g/mol. The number of carbonyl (C=O) groups excluding carboxylic acids is 2. The Morgan fingerprint density at radius 3 is 2.13 bits per heavy atom. The maximum Gasteiger partial charge on any atom is 0.264 e. The maximum absolute atomic E-state index is 14.6. The number of aryl methyl sites for hydroxylation is 1. The second-order valence-electron chi connectivity index (χ2n) is 11.1. The van der Waals surface area contributed by atoms with Gasteiger partial charge in [-0.25, -0.2) is 8.42 Å². The van der Waals surface area contributed by atoms with Crippen molar-refractivity contribution in [1.29, 1.82) is 0 Å². The van der Waals surface area contributed by atoms with Crippen molar-refractivity contribution in [2.45, 2.75) is 57.1 Å². The van der Waals surface area contributed by atoms with Gasteiger partial charge in [0.2, 0.25) is 11.8 Å².